The minimum atomic E-state index is -3.66. The lowest BCUT2D eigenvalue weighted by molar-refractivity contribution is 0.0730. The Kier molecular flexibility index (Phi) is 7.03. The molecule has 0 bridgehead atoms. The molecule has 3 aromatic rings. The summed E-state index contributed by atoms with van der Waals surface area (Å²) in [6.45, 7) is 6.49. The third-order valence-corrected chi connectivity index (χ3v) is 9.66. The van der Waals surface area contributed by atoms with E-state index in [2.05, 4.69) is 15.3 Å². The first-order valence-electron chi connectivity index (χ1n) is 12.1. The molecule has 0 spiro atoms. The van der Waals surface area contributed by atoms with E-state index in [1.54, 1.807) is 0 Å². The summed E-state index contributed by atoms with van der Waals surface area (Å²) in [4.78, 5) is 30.2. The molecular weight excluding hydrogens is 514 g/mol. The Bertz CT molecular complexity index is 1450. The van der Waals surface area contributed by atoms with Crippen molar-refractivity contribution in [3.8, 4) is 0 Å². The van der Waals surface area contributed by atoms with E-state index >= 15 is 0 Å². The number of anilines is 1. The number of morpholine rings is 1. The Labute approximate surface area is 219 Å². The van der Waals surface area contributed by atoms with Crippen LogP contribution in [0.1, 0.15) is 42.5 Å². The Balaban J connectivity index is 1.43. The van der Waals surface area contributed by atoms with E-state index in [4.69, 9.17) is 4.74 Å². The lowest BCUT2D eigenvalue weighted by Gasteiger charge is -2.26. The van der Waals surface area contributed by atoms with Crippen LogP contribution in [0.4, 0.5) is 5.00 Å². The first kappa shape index (κ1) is 25.7. The third-order valence-electron chi connectivity index (χ3n) is 6.61. The van der Waals surface area contributed by atoms with Gasteiger partial charge in [0.05, 0.1) is 29.4 Å². The number of carbonyl (C=O) groups excluding carboxylic acids is 2. The van der Waals surface area contributed by atoms with E-state index in [1.165, 1.54) is 44.6 Å². The number of rotatable bonds is 5. The van der Waals surface area contributed by atoms with Crippen molar-refractivity contribution >= 4 is 38.2 Å². The van der Waals surface area contributed by atoms with E-state index in [9.17, 15) is 18.0 Å². The topological polar surface area (TPSA) is 114 Å². The molecule has 0 aliphatic carbocycles. The highest BCUT2D eigenvalue weighted by molar-refractivity contribution is 7.89. The van der Waals surface area contributed by atoms with Crippen LogP contribution in [0.5, 0.6) is 0 Å². The zero-order chi connectivity index (χ0) is 26.3. The first-order valence-corrected chi connectivity index (χ1v) is 14.3. The molecule has 4 heterocycles. The van der Waals surface area contributed by atoms with Crippen molar-refractivity contribution in [2.45, 2.75) is 31.7 Å². The number of fused-ring (bicyclic) bond motifs is 1. The number of benzene rings is 1. The van der Waals surface area contributed by atoms with Gasteiger partial charge in [-0.25, -0.2) is 13.1 Å². The Hall–Kier alpha value is -2.90. The molecule has 0 saturated carbocycles. The van der Waals surface area contributed by atoms with E-state index in [1.807, 2.05) is 27.0 Å². The number of nitrogens with zero attached hydrogens (tertiary/aromatic N) is 4. The fraction of sp³-hybridized carbons (Fsp3) is 0.400. The summed E-state index contributed by atoms with van der Waals surface area (Å²) >= 11 is 1.40. The molecule has 1 amide bonds. The van der Waals surface area contributed by atoms with Gasteiger partial charge in [0.1, 0.15) is 5.00 Å². The third kappa shape index (κ3) is 4.99. The van der Waals surface area contributed by atoms with Crippen LogP contribution in [0, 0.1) is 13.8 Å². The fourth-order valence-electron chi connectivity index (χ4n) is 4.68. The number of ether oxygens (including phenoxy) is 1. The number of amides is 1. The van der Waals surface area contributed by atoms with Crippen LogP contribution >= 0.6 is 11.3 Å². The number of hydrogen-bond donors (Lipinski definition) is 1. The molecule has 2 aromatic heterocycles. The average Bonchev–Trinajstić information content (AvgIpc) is 3.41. The van der Waals surface area contributed by atoms with Crippen LogP contribution in [-0.4, -0.2) is 79.1 Å². The summed E-state index contributed by atoms with van der Waals surface area (Å²) in [5.74, 6) is -0.681. The number of hydrogen-bond acceptors (Lipinski definition) is 8. The monoisotopic (exact) mass is 543 g/mol. The van der Waals surface area contributed by atoms with E-state index in [0.717, 1.165) is 28.4 Å². The van der Waals surface area contributed by atoms with Crippen LogP contribution in [0.3, 0.4) is 0 Å². The minimum absolute atomic E-state index is 0.126. The molecule has 12 heteroatoms. The Morgan fingerprint density at radius 1 is 1.08 bits per heavy atom. The van der Waals surface area contributed by atoms with E-state index in [-0.39, 0.29) is 10.8 Å². The lowest BCUT2D eigenvalue weighted by atomic mass is 10.0. The minimum Gasteiger partial charge on any atom is -0.379 e. The molecule has 10 nitrogen and oxygen atoms in total. The van der Waals surface area contributed by atoms with Crippen molar-refractivity contribution in [1.29, 1.82) is 0 Å². The summed E-state index contributed by atoms with van der Waals surface area (Å²) in [7, 11) is -1.63. The van der Waals surface area contributed by atoms with Gasteiger partial charge in [-0.2, -0.15) is 9.40 Å². The van der Waals surface area contributed by atoms with Gasteiger partial charge < -0.3 is 15.0 Å². The highest BCUT2D eigenvalue weighted by atomic mass is 32.2. The zero-order valence-electron chi connectivity index (χ0n) is 21.0. The predicted molar refractivity (Wildman–Crippen MR) is 140 cm³/mol. The molecule has 1 N–H and O–H groups in total. The van der Waals surface area contributed by atoms with E-state index in [0.29, 0.717) is 55.4 Å². The van der Waals surface area contributed by atoms with Crippen molar-refractivity contribution in [1.82, 2.24) is 19.0 Å². The largest absolute Gasteiger partial charge is 0.379 e. The van der Waals surface area contributed by atoms with E-state index < -0.39 is 15.9 Å². The van der Waals surface area contributed by atoms with Crippen LogP contribution in [0.25, 0.3) is 0 Å². The summed E-state index contributed by atoms with van der Waals surface area (Å²) < 4.78 is 33.8. The molecule has 0 unspecified atom stereocenters. The highest BCUT2D eigenvalue weighted by Crippen LogP contribution is 2.38. The van der Waals surface area contributed by atoms with Crippen molar-refractivity contribution in [3.05, 3.63) is 63.3 Å². The van der Waals surface area contributed by atoms with Crippen molar-refractivity contribution in [3.63, 3.8) is 0 Å². The summed E-state index contributed by atoms with van der Waals surface area (Å²) in [5.41, 5.74) is 3.19. The number of nitrogens with one attached hydrogen (secondary N) is 1. The highest BCUT2D eigenvalue weighted by Gasteiger charge is 2.30. The van der Waals surface area contributed by atoms with Gasteiger partial charge in [-0.1, -0.05) is 0 Å². The van der Waals surface area contributed by atoms with Gasteiger partial charge in [0, 0.05) is 42.3 Å². The molecule has 1 aromatic carbocycles. The first-order chi connectivity index (χ1) is 17.6. The predicted octanol–water partition coefficient (Wildman–Crippen LogP) is 2.51. The molecule has 5 rings (SSSR count). The number of carbonyl (C=O) groups is 2. The van der Waals surface area contributed by atoms with Gasteiger partial charge in [-0.3, -0.25) is 9.59 Å². The molecule has 0 radical (unpaired) electrons. The maximum atomic E-state index is 13.6. The molecule has 37 heavy (non-hydrogen) atoms. The van der Waals surface area contributed by atoms with Gasteiger partial charge in [0.15, 0.2) is 0 Å². The van der Waals surface area contributed by atoms with Crippen molar-refractivity contribution in [2.75, 3.05) is 45.2 Å². The smallest absolute Gasteiger partial charge is 0.281 e. The molecule has 196 valence electrons. The second-order valence-corrected chi connectivity index (χ2v) is 12.4. The van der Waals surface area contributed by atoms with Gasteiger partial charge in [-0.15, -0.1) is 11.3 Å². The van der Waals surface area contributed by atoms with Gasteiger partial charge >= 0.3 is 0 Å². The summed E-state index contributed by atoms with van der Waals surface area (Å²) in [6, 6.07) is 7.71. The standard InChI is InChI=1S/C25H29N5O5S2/c1-16-14-17(2)30(27-16)25(32)22-20-8-9-28(3)15-21(20)36-24(22)26-23(31)18-4-6-19(7-5-18)37(33,34)29-10-12-35-13-11-29/h4-7,14H,8-13,15H2,1-3H3,(H,26,31). The van der Waals surface area contributed by atoms with Crippen LogP contribution in [-0.2, 0) is 27.7 Å². The van der Waals surface area contributed by atoms with Gasteiger partial charge in [0.25, 0.3) is 11.8 Å². The van der Waals surface area contributed by atoms with Gasteiger partial charge in [-0.05, 0) is 63.2 Å². The molecule has 0 atom stereocenters. The number of likely N-dealkylation sites (N-methyl/N-ethyl adjacent to an activating group) is 1. The van der Waals surface area contributed by atoms with Crippen LogP contribution in [0.2, 0.25) is 0 Å². The maximum absolute atomic E-state index is 13.6. The Morgan fingerprint density at radius 3 is 2.43 bits per heavy atom. The number of aryl methyl sites for hydroxylation is 2. The van der Waals surface area contributed by atoms with Crippen molar-refractivity contribution < 1.29 is 22.7 Å². The molecule has 1 saturated heterocycles. The Morgan fingerprint density at radius 2 is 1.78 bits per heavy atom. The van der Waals surface area contributed by atoms with Crippen molar-refractivity contribution in [2.24, 2.45) is 0 Å². The second-order valence-electron chi connectivity index (χ2n) is 9.33. The average molecular weight is 544 g/mol. The maximum Gasteiger partial charge on any atom is 0.281 e. The number of sulfonamides is 1. The lowest BCUT2D eigenvalue weighted by Crippen LogP contribution is -2.40. The SMILES string of the molecule is Cc1cc(C)n(C(=O)c2c(NC(=O)c3ccc(S(=O)(=O)N4CCOCC4)cc3)sc3c2CCN(C)C3)n1. The molecule has 2 aliphatic heterocycles. The summed E-state index contributed by atoms with van der Waals surface area (Å²) in [6.07, 6.45) is 0.701. The second kappa shape index (κ2) is 10.1. The van der Waals surface area contributed by atoms with Gasteiger partial charge in [0.2, 0.25) is 10.0 Å². The number of aromatic nitrogens is 2. The quantitative estimate of drug-likeness (QED) is 0.526. The fourth-order valence-corrected chi connectivity index (χ4v) is 7.40. The van der Waals surface area contributed by atoms with Crippen LogP contribution < -0.4 is 5.32 Å². The molecule has 2 aliphatic rings. The summed E-state index contributed by atoms with van der Waals surface area (Å²) in [5, 5.41) is 7.76. The molecule has 1 fully saturated rings. The molecular formula is C25H29N5O5S2. The normalized spacial score (nSPS) is 16.9. The number of thiophene rings is 1. The van der Waals surface area contributed by atoms with Crippen LogP contribution in [0.15, 0.2) is 35.2 Å². The zero-order valence-corrected chi connectivity index (χ0v) is 22.6.